The molecule has 4 atom stereocenters. The highest BCUT2D eigenvalue weighted by Crippen LogP contribution is 2.22. The van der Waals surface area contributed by atoms with Gasteiger partial charge in [-0.3, -0.25) is 14.4 Å². The number of aliphatic hydroxyl groups excluding tert-OH is 1. The molecule has 0 aliphatic carbocycles. The van der Waals surface area contributed by atoms with Crippen molar-refractivity contribution in [2.45, 2.75) is 63.5 Å². The van der Waals surface area contributed by atoms with Crippen LogP contribution in [0.15, 0.2) is 116 Å². The number of aromatic nitrogens is 1. The number of amides is 2. The van der Waals surface area contributed by atoms with Crippen LogP contribution in [0.3, 0.4) is 0 Å². The number of hydrogen-bond donors (Lipinski definition) is 4. The zero-order valence-corrected chi connectivity index (χ0v) is 28.2. The molecule has 2 amide bonds. The Morgan fingerprint density at radius 1 is 0.796 bits per heavy atom. The van der Waals surface area contributed by atoms with Crippen molar-refractivity contribution >= 4 is 28.7 Å². The Morgan fingerprint density at radius 3 is 2.14 bits per heavy atom. The molecular formula is C41H49N3O5. The summed E-state index contributed by atoms with van der Waals surface area (Å²) in [5, 5.41) is 16.9. The fraction of sp³-hybridized carbons (Fsp3) is 0.341. The molecule has 0 saturated carbocycles. The number of esters is 1. The molecule has 0 spiro atoms. The number of benzene rings is 3. The third-order valence-corrected chi connectivity index (χ3v) is 8.70. The summed E-state index contributed by atoms with van der Waals surface area (Å²) in [6, 6.07) is 26.4. The molecule has 4 N–H and O–H groups in total. The topological polar surface area (TPSA) is 121 Å². The lowest BCUT2D eigenvalue weighted by Crippen LogP contribution is -2.45. The van der Waals surface area contributed by atoms with Crippen molar-refractivity contribution in [3.63, 3.8) is 0 Å². The smallest absolute Gasteiger partial charge is 0.309 e. The van der Waals surface area contributed by atoms with Crippen molar-refractivity contribution in [2.24, 2.45) is 11.8 Å². The van der Waals surface area contributed by atoms with Gasteiger partial charge in [-0.25, -0.2) is 0 Å². The fourth-order valence-electron chi connectivity index (χ4n) is 6.10. The second-order valence-electron chi connectivity index (χ2n) is 12.6. The quantitative estimate of drug-likeness (QED) is 0.0477. The Labute approximate surface area is 289 Å². The van der Waals surface area contributed by atoms with Crippen LogP contribution in [0, 0.1) is 11.8 Å². The molecule has 1 heterocycles. The molecule has 0 aliphatic rings. The molecule has 1 aromatic heterocycles. The molecule has 258 valence electrons. The predicted octanol–water partition coefficient (Wildman–Crippen LogP) is 6.26. The maximum absolute atomic E-state index is 13.8. The largest absolute Gasteiger partial charge is 0.463 e. The minimum atomic E-state index is -0.695. The molecule has 4 aromatic rings. The SMILES string of the molecule is C=CCCC[C@H](Cc1ccccc1)C(=O)OC[C@H](Cc1c[nH]c2ccccc12)NC(=O)[C@@H](CC=C)CC(=O)N[C@H](CO)Cc1ccccc1. The van der Waals surface area contributed by atoms with E-state index in [1.807, 2.05) is 97.2 Å². The van der Waals surface area contributed by atoms with Crippen molar-refractivity contribution in [1.29, 1.82) is 0 Å². The van der Waals surface area contributed by atoms with Gasteiger partial charge in [-0.15, -0.1) is 13.2 Å². The fourth-order valence-corrected chi connectivity index (χ4v) is 6.10. The summed E-state index contributed by atoms with van der Waals surface area (Å²) in [7, 11) is 0. The minimum Gasteiger partial charge on any atom is -0.463 e. The Kier molecular flexibility index (Phi) is 14.9. The second-order valence-corrected chi connectivity index (χ2v) is 12.6. The number of H-pyrrole nitrogens is 1. The number of fused-ring (bicyclic) bond motifs is 1. The van der Waals surface area contributed by atoms with Gasteiger partial charge in [0.25, 0.3) is 0 Å². The third-order valence-electron chi connectivity index (χ3n) is 8.70. The van der Waals surface area contributed by atoms with Crippen molar-refractivity contribution in [3.8, 4) is 0 Å². The first-order chi connectivity index (χ1) is 23.9. The normalized spacial score (nSPS) is 13.5. The Hall–Kier alpha value is -4.95. The number of carbonyl (C=O) groups excluding carboxylic acids is 3. The van der Waals surface area contributed by atoms with Gasteiger partial charge in [-0.05, 0) is 67.7 Å². The standard InChI is InChI=1S/C41H49N3O5/c1-3-5-8-20-33(23-30-16-9-6-10-17-30)41(48)49-29-36(25-34-27-42-38-22-14-13-21-37(34)38)44-40(47)32(15-4-2)26-39(46)43-35(28-45)24-31-18-11-7-12-19-31/h3-4,6-7,9-14,16-19,21-22,27,32-33,35-36,42,45H,1-2,5,8,15,20,23-26,28-29H2,(H,43,46)(H,44,47)/t32-,33+,35-,36-/m0/s1. The molecule has 3 aromatic carbocycles. The number of hydrogen-bond acceptors (Lipinski definition) is 5. The van der Waals surface area contributed by atoms with Crippen molar-refractivity contribution < 1.29 is 24.2 Å². The minimum absolute atomic E-state index is 0.0203. The lowest BCUT2D eigenvalue weighted by molar-refractivity contribution is -0.150. The van der Waals surface area contributed by atoms with Crippen LogP contribution in [-0.2, 0) is 38.4 Å². The van der Waals surface area contributed by atoms with Gasteiger partial charge in [0.05, 0.1) is 30.5 Å². The molecule has 0 bridgehead atoms. The number of rotatable bonds is 21. The van der Waals surface area contributed by atoms with Crippen LogP contribution in [0.2, 0.25) is 0 Å². The second kappa shape index (κ2) is 19.8. The van der Waals surface area contributed by atoms with E-state index < -0.39 is 18.0 Å². The highest BCUT2D eigenvalue weighted by atomic mass is 16.5. The molecule has 0 radical (unpaired) electrons. The van der Waals surface area contributed by atoms with Crippen LogP contribution in [0.25, 0.3) is 10.9 Å². The number of aliphatic hydroxyl groups is 1. The molecule has 8 nitrogen and oxygen atoms in total. The van der Waals surface area contributed by atoms with Crippen LogP contribution in [0.4, 0.5) is 0 Å². The maximum atomic E-state index is 13.8. The molecule has 8 heteroatoms. The summed E-state index contributed by atoms with van der Waals surface area (Å²) in [4.78, 5) is 43.7. The number of aromatic amines is 1. The first-order valence-electron chi connectivity index (χ1n) is 17.1. The zero-order chi connectivity index (χ0) is 34.8. The van der Waals surface area contributed by atoms with E-state index in [1.54, 1.807) is 6.08 Å². The lowest BCUT2D eigenvalue weighted by atomic mass is 9.94. The summed E-state index contributed by atoms with van der Waals surface area (Å²) < 4.78 is 5.96. The van der Waals surface area contributed by atoms with Gasteiger partial charge >= 0.3 is 5.97 Å². The zero-order valence-electron chi connectivity index (χ0n) is 28.2. The van der Waals surface area contributed by atoms with Gasteiger partial charge < -0.3 is 25.5 Å². The van der Waals surface area contributed by atoms with Gasteiger partial charge in [0.15, 0.2) is 0 Å². The van der Waals surface area contributed by atoms with Crippen LogP contribution < -0.4 is 10.6 Å². The molecule has 0 saturated heterocycles. The van der Waals surface area contributed by atoms with Crippen LogP contribution in [0.5, 0.6) is 0 Å². The average molecular weight is 664 g/mol. The van der Waals surface area contributed by atoms with E-state index in [2.05, 4.69) is 28.8 Å². The summed E-state index contributed by atoms with van der Waals surface area (Å²) in [5.41, 5.74) is 4.00. The van der Waals surface area contributed by atoms with E-state index in [-0.39, 0.29) is 49.8 Å². The molecule has 0 unspecified atom stereocenters. The molecule has 0 aliphatic heterocycles. The summed E-state index contributed by atoms with van der Waals surface area (Å²) in [5.74, 6) is -1.99. The number of para-hydroxylation sites is 1. The Bertz CT molecular complexity index is 1630. The highest BCUT2D eigenvalue weighted by molar-refractivity contribution is 5.87. The summed E-state index contributed by atoms with van der Waals surface area (Å²) in [6.45, 7) is 7.37. The van der Waals surface area contributed by atoms with Crippen molar-refractivity contribution in [2.75, 3.05) is 13.2 Å². The van der Waals surface area contributed by atoms with Crippen LogP contribution >= 0.6 is 0 Å². The lowest BCUT2D eigenvalue weighted by Gasteiger charge is -2.24. The first kappa shape index (κ1) is 36.9. The van der Waals surface area contributed by atoms with Gasteiger partial charge in [-0.1, -0.05) is 91.0 Å². The summed E-state index contributed by atoms with van der Waals surface area (Å²) >= 11 is 0. The van der Waals surface area contributed by atoms with E-state index in [4.69, 9.17) is 4.74 Å². The van der Waals surface area contributed by atoms with Crippen LogP contribution in [-0.4, -0.2) is 53.2 Å². The number of allylic oxidation sites excluding steroid dienone is 2. The number of unbranched alkanes of at least 4 members (excludes halogenated alkanes) is 1. The van der Waals surface area contributed by atoms with E-state index in [0.29, 0.717) is 25.7 Å². The van der Waals surface area contributed by atoms with E-state index in [0.717, 1.165) is 40.4 Å². The molecule has 49 heavy (non-hydrogen) atoms. The highest BCUT2D eigenvalue weighted by Gasteiger charge is 2.27. The van der Waals surface area contributed by atoms with Gasteiger partial charge in [0.2, 0.25) is 11.8 Å². The van der Waals surface area contributed by atoms with Gasteiger partial charge in [-0.2, -0.15) is 0 Å². The van der Waals surface area contributed by atoms with E-state index in [9.17, 15) is 19.5 Å². The third kappa shape index (κ3) is 11.9. The van der Waals surface area contributed by atoms with E-state index in [1.165, 1.54) is 0 Å². The first-order valence-corrected chi connectivity index (χ1v) is 17.1. The Balaban J connectivity index is 1.46. The van der Waals surface area contributed by atoms with Crippen molar-refractivity contribution in [1.82, 2.24) is 15.6 Å². The Morgan fingerprint density at radius 2 is 1.47 bits per heavy atom. The summed E-state index contributed by atoms with van der Waals surface area (Å²) in [6.07, 6.45) is 9.33. The number of ether oxygens (including phenoxy) is 1. The van der Waals surface area contributed by atoms with Crippen molar-refractivity contribution in [3.05, 3.63) is 133 Å². The molecular weight excluding hydrogens is 614 g/mol. The van der Waals surface area contributed by atoms with E-state index >= 15 is 0 Å². The average Bonchev–Trinajstić information content (AvgIpc) is 3.53. The molecule has 4 rings (SSSR count). The molecule has 0 fully saturated rings. The van der Waals surface area contributed by atoms with Crippen LogP contribution in [0.1, 0.15) is 48.8 Å². The predicted molar refractivity (Wildman–Crippen MR) is 195 cm³/mol. The number of carbonyl (C=O) groups is 3. The maximum Gasteiger partial charge on any atom is 0.309 e. The number of nitrogens with one attached hydrogen (secondary N) is 3. The van der Waals surface area contributed by atoms with Gasteiger partial charge in [0.1, 0.15) is 6.61 Å². The monoisotopic (exact) mass is 663 g/mol. The van der Waals surface area contributed by atoms with Gasteiger partial charge in [0, 0.05) is 23.5 Å².